The average molecular weight is 446 g/mol. The molecular formula is C19H19FN6O4S. The van der Waals surface area contributed by atoms with Crippen LogP contribution >= 0.6 is 0 Å². The average Bonchev–Trinajstić information content (AvgIpc) is 2.71. The Labute approximate surface area is 177 Å². The van der Waals surface area contributed by atoms with Crippen LogP contribution in [0.4, 0.5) is 21.8 Å². The SMILES string of the molecule is NC(C=C1C=CC(Nc2nc(Nc3ccc(S(N)(=O)=O)cc3)ncc2F)=CC1)C(=O)O. The Bertz CT molecular complexity index is 1190. The van der Waals surface area contributed by atoms with E-state index >= 15 is 0 Å². The molecule has 0 bridgehead atoms. The quantitative estimate of drug-likeness (QED) is 0.423. The molecule has 1 aromatic carbocycles. The lowest BCUT2D eigenvalue weighted by atomic mass is 10.0. The monoisotopic (exact) mass is 446 g/mol. The van der Waals surface area contributed by atoms with Gasteiger partial charge in [0.05, 0.1) is 11.1 Å². The van der Waals surface area contributed by atoms with Crippen molar-refractivity contribution in [1.29, 1.82) is 0 Å². The van der Waals surface area contributed by atoms with Gasteiger partial charge in [-0.1, -0.05) is 18.2 Å². The van der Waals surface area contributed by atoms with E-state index in [-0.39, 0.29) is 16.7 Å². The lowest BCUT2D eigenvalue weighted by molar-refractivity contribution is -0.137. The number of nitrogens with one attached hydrogen (secondary N) is 2. The number of primary sulfonamides is 1. The highest BCUT2D eigenvalue weighted by atomic mass is 32.2. The van der Waals surface area contributed by atoms with Gasteiger partial charge in [-0.3, -0.25) is 4.79 Å². The number of anilines is 3. The van der Waals surface area contributed by atoms with Crippen molar-refractivity contribution in [3.8, 4) is 0 Å². The molecule has 31 heavy (non-hydrogen) atoms. The van der Waals surface area contributed by atoms with E-state index in [1.807, 2.05) is 0 Å². The Balaban J connectivity index is 1.70. The largest absolute Gasteiger partial charge is 0.480 e. The summed E-state index contributed by atoms with van der Waals surface area (Å²) in [7, 11) is -3.81. The third-order valence-corrected chi connectivity index (χ3v) is 5.09. The standard InChI is InChI=1S/C19H19FN6O4S/c20-15-10-23-19(25-13-5-7-14(8-6-13)31(22,29)30)26-17(15)24-12-3-1-11(2-4-12)9-16(21)18(27)28/h1,3-10,16H,2,21H2,(H,27,28)(H2,22,29,30)(H2,23,24,25,26). The van der Waals surface area contributed by atoms with E-state index in [2.05, 4.69) is 20.6 Å². The minimum atomic E-state index is -3.81. The summed E-state index contributed by atoms with van der Waals surface area (Å²) in [5, 5.41) is 19.6. The molecule has 1 unspecified atom stereocenters. The summed E-state index contributed by atoms with van der Waals surface area (Å²) >= 11 is 0. The van der Waals surface area contributed by atoms with Gasteiger partial charge in [0.25, 0.3) is 0 Å². The molecule has 2 aromatic rings. The van der Waals surface area contributed by atoms with Gasteiger partial charge in [-0.15, -0.1) is 0 Å². The first-order valence-corrected chi connectivity index (χ1v) is 10.4. The van der Waals surface area contributed by atoms with E-state index in [0.717, 1.165) is 6.20 Å². The van der Waals surface area contributed by atoms with Crippen molar-refractivity contribution in [2.45, 2.75) is 17.4 Å². The fourth-order valence-electron chi connectivity index (χ4n) is 2.59. The highest BCUT2D eigenvalue weighted by molar-refractivity contribution is 7.89. The predicted octanol–water partition coefficient (Wildman–Crippen LogP) is 1.60. The smallest absolute Gasteiger partial charge is 0.324 e. The minimum absolute atomic E-state index is 0.0471. The number of aliphatic carboxylic acids is 1. The molecule has 10 nitrogen and oxygen atoms in total. The maximum Gasteiger partial charge on any atom is 0.324 e. The molecule has 1 atom stereocenters. The van der Waals surface area contributed by atoms with Crippen molar-refractivity contribution in [3.05, 3.63) is 71.9 Å². The Morgan fingerprint density at radius 3 is 2.52 bits per heavy atom. The molecule has 1 aliphatic carbocycles. The molecule has 0 spiro atoms. The van der Waals surface area contributed by atoms with Crippen LogP contribution in [0.1, 0.15) is 6.42 Å². The number of carbonyl (C=O) groups is 1. The first-order valence-electron chi connectivity index (χ1n) is 8.88. The second kappa shape index (κ2) is 9.04. The lowest BCUT2D eigenvalue weighted by Gasteiger charge is -2.13. The second-order valence-electron chi connectivity index (χ2n) is 6.51. The van der Waals surface area contributed by atoms with Gasteiger partial charge in [-0.25, -0.2) is 22.9 Å². The highest BCUT2D eigenvalue weighted by Crippen LogP contribution is 2.22. The molecule has 162 valence electrons. The molecule has 0 radical (unpaired) electrons. The zero-order valence-electron chi connectivity index (χ0n) is 16.0. The number of carboxylic acids is 1. The van der Waals surface area contributed by atoms with Gasteiger partial charge in [0.2, 0.25) is 16.0 Å². The van der Waals surface area contributed by atoms with E-state index in [9.17, 15) is 17.6 Å². The zero-order valence-corrected chi connectivity index (χ0v) is 16.8. The van der Waals surface area contributed by atoms with E-state index in [0.29, 0.717) is 23.4 Å². The van der Waals surface area contributed by atoms with Crippen molar-refractivity contribution in [2.24, 2.45) is 10.9 Å². The number of sulfonamides is 1. The number of hydrogen-bond donors (Lipinski definition) is 5. The van der Waals surface area contributed by atoms with Crippen LogP contribution in [0, 0.1) is 5.82 Å². The summed E-state index contributed by atoms with van der Waals surface area (Å²) in [6, 6.07) is 4.48. The molecule has 0 saturated heterocycles. The van der Waals surface area contributed by atoms with Crippen LogP contribution < -0.4 is 21.5 Å². The Morgan fingerprint density at radius 1 is 1.23 bits per heavy atom. The molecule has 7 N–H and O–H groups in total. The number of benzene rings is 1. The van der Waals surface area contributed by atoms with Crippen LogP contribution in [0.25, 0.3) is 0 Å². The van der Waals surface area contributed by atoms with Gasteiger partial charge >= 0.3 is 5.97 Å². The third kappa shape index (κ3) is 5.94. The normalized spacial score (nSPS) is 16.0. The number of hydrogen-bond acceptors (Lipinski definition) is 8. The fourth-order valence-corrected chi connectivity index (χ4v) is 3.10. The van der Waals surface area contributed by atoms with Crippen molar-refractivity contribution < 1.29 is 22.7 Å². The van der Waals surface area contributed by atoms with Crippen LogP contribution in [-0.2, 0) is 14.8 Å². The van der Waals surface area contributed by atoms with Crippen LogP contribution in [0.5, 0.6) is 0 Å². The van der Waals surface area contributed by atoms with Gasteiger partial charge < -0.3 is 21.5 Å². The Kier molecular flexibility index (Phi) is 6.44. The van der Waals surface area contributed by atoms with Crippen molar-refractivity contribution >= 4 is 33.4 Å². The molecule has 0 saturated carbocycles. The third-order valence-electron chi connectivity index (χ3n) is 4.16. The maximum absolute atomic E-state index is 14.1. The molecule has 3 rings (SSSR count). The zero-order chi connectivity index (χ0) is 22.6. The molecule has 0 fully saturated rings. The van der Waals surface area contributed by atoms with Crippen molar-refractivity contribution in [1.82, 2.24) is 9.97 Å². The van der Waals surface area contributed by atoms with E-state index in [4.69, 9.17) is 16.0 Å². The first kappa shape index (κ1) is 22.1. The Hall–Kier alpha value is -3.61. The summed E-state index contributed by atoms with van der Waals surface area (Å²) in [5.74, 6) is -1.81. The number of aromatic nitrogens is 2. The van der Waals surface area contributed by atoms with Gasteiger partial charge in [-0.05, 0) is 42.3 Å². The molecular weight excluding hydrogens is 427 g/mol. The molecule has 0 aliphatic heterocycles. The van der Waals surface area contributed by atoms with Gasteiger partial charge in [0.15, 0.2) is 11.6 Å². The van der Waals surface area contributed by atoms with Crippen LogP contribution in [0.15, 0.2) is 70.9 Å². The number of carboxylic acid groups (broad SMARTS) is 1. The van der Waals surface area contributed by atoms with E-state index in [1.54, 1.807) is 18.2 Å². The van der Waals surface area contributed by atoms with Gasteiger partial charge in [-0.2, -0.15) is 4.98 Å². The summed E-state index contributed by atoms with van der Waals surface area (Å²) in [4.78, 5) is 18.7. The summed E-state index contributed by atoms with van der Waals surface area (Å²) in [5.41, 5.74) is 7.23. The van der Waals surface area contributed by atoms with Crippen LogP contribution in [0.3, 0.4) is 0 Å². The molecule has 1 heterocycles. The summed E-state index contributed by atoms with van der Waals surface area (Å²) < 4.78 is 36.8. The maximum atomic E-state index is 14.1. The Morgan fingerprint density at radius 2 is 1.94 bits per heavy atom. The van der Waals surface area contributed by atoms with Gasteiger partial charge in [0.1, 0.15) is 6.04 Å². The van der Waals surface area contributed by atoms with Crippen molar-refractivity contribution in [3.63, 3.8) is 0 Å². The van der Waals surface area contributed by atoms with Crippen LogP contribution in [-0.4, -0.2) is 35.5 Å². The molecule has 1 aliphatic rings. The molecule has 12 heteroatoms. The number of allylic oxidation sites excluding steroid dienone is 4. The number of nitrogens with zero attached hydrogens (tertiary/aromatic N) is 2. The number of nitrogens with two attached hydrogens (primary N) is 2. The topological polar surface area (TPSA) is 173 Å². The van der Waals surface area contributed by atoms with Crippen LogP contribution in [0.2, 0.25) is 0 Å². The van der Waals surface area contributed by atoms with E-state index in [1.165, 1.54) is 30.3 Å². The van der Waals surface area contributed by atoms with Gasteiger partial charge in [0, 0.05) is 11.4 Å². The summed E-state index contributed by atoms with van der Waals surface area (Å²) in [6.07, 6.45) is 7.89. The fraction of sp³-hybridized carbons (Fsp3) is 0.105. The first-order chi connectivity index (χ1) is 14.6. The predicted molar refractivity (Wildman–Crippen MR) is 112 cm³/mol. The summed E-state index contributed by atoms with van der Waals surface area (Å²) in [6.45, 7) is 0. The molecule has 0 amide bonds. The minimum Gasteiger partial charge on any atom is -0.480 e. The second-order valence-corrected chi connectivity index (χ2v) is 8.07. The number of halogens is 1. The lowest BCUT2D eigenvalue weighted by Crippen LogP contribution is -2.28. The number of rotatable bonds is 7. The molecule has 1 aromatic heterocycles. The highest BCUT2D eigenvalue weighted by Gasteiger charge is 2.13. The van der Waals surface area contributed by atoms with E-state index < -0.39 is 27.9 Å². The van der Waals surface area contributed by atoms with Crippen molar-refractivity contribution in [2.75, 3.05) is 10.6 Å².